The van der Waals surface area contributed by atoms with Crippen molar-refractivity contribution < 1.29 is 37.0 Å². The first-order valence-electron chi connectivity index (χ1n) is 14.6. The molecule has 8 nitrogen and oxygen atoms in total. The van der Waals surface area contributed by atoms with Crippen molar-refractivity contribution in [3.63, 3.8) is 0 Å². The third-order valence-corrected chi connectivity index (χ3v) is 10.6. The van der Waals surface area contributed by atoms with Gasteiger partial charge in [-0.3, -0.25) is 4.57 Å². The van der Waals surface area contributed by atoms with Gasteiger partial charge in [0.1, 0.15) is 0 Å². The van der Waals surface area contributed by atoms with Gasteiger partial charge in [0.05, 0.1) is 23.7 Å². The molecule has 0 aliphatic rings. The predicted octanol–water partition coefficient (Wildman–Crippen LogP) is 7.48. The summed E-state index contributed by atoms with van der Waals surface area (Å²) in [6, 6.07) is 0. The second-order valence-electron chi connectivity index (χ2n) is 10.2. The van der Waals surface area contributed by atoms with Crippen molar-refractivity contribution >= 4 is 23.4 Å². The molecule has 0 radical (unpaired) electrons. The van der Waals surface area contributed by atoms with Crippen LogP contribution in [0.4, 0.5) is 0 Å². The molecule has 0 saturated heterocycles. The van der Waals surface area contributed by atoms with Gasteiger partial charge in [-0.2, -0.15) is 0 Å². The van der Waals surface area contributed by atoms with Crippen LogP contribution in [0.25, 0.3) is 0 Å². The van der Waals surface area contributed by atoms with E-state index in [0.717, 1.165) is 51.4 Å². The average molecular weight is 571 g/mol. The second kappa shape index (κ2) is 21.4. The Labute approximate surface area is 226 Å². The van der Waals surface area contributed by atoms with Crippen molar-refractivity contribution in [2.45, 2.75) is 154 Å². The van der Waals surface area contributed by atoms with Crippen LogP contribution in [0, 0.1) is 0 Å². The number of unbranched alkanes of at least 4 members (excludes halogenated alkanes) is 13. The molecular weight excluding hydrogens is 515 g/mol. The summed E-state index contributed by atoms with van der Waals surface area (Å²) in [6.45, 7) is 7.46. The SMILES string of the molecule is CCCCCCCCCCCS(=O)(=O)C(CCCCCCCC)C(C)OC(C(=O)O)P(=O)(O)OCCC. The normalized spacial score (nSPS) is 16.2. The zero-order chi connectivity index (χ0) is 28.2. The molecule has 37 heavy (non-hydrogen) atoms. The summed E-state index contributed by atoms with van der Waals surface area (Å²) in [4.78, 5) is 21.9. The van der Waals surface area contributed by atoms with Crippen molar-refractivity contribution in [3.8, 4) is 0 Å². The lowest BCUT2D eigenvalue weighted by Gasteiger charge is -2.28. The van der Waals surface area contributed by atoms with E-state index in [9.17, 15) is 27.8 Å². The molecule has 0 bridgehead atoms. The maximum Gasteiger partial charge on any atom is 0.368 e. The minimum atomic E-state index is -4.63. The maximum absolute atomic E-state index is 13.3. The lowest BCUT2D eigenvalue weighted by atomic mass is 10.1. The van der Waals surface area contributed by atoms with Crippen molar-refractivity contribution in [2.24, 2.45) is 0 Å². The first-order valence-corrected chi connectivity index (χ1v) is 18.0. The van der Waals surface area contributed by atoms with Crippen LogP contribution in [0.2, 0.25) is 0 Å². The molecule has 0 rings (SSSR count). The monoisotopic (exact) mass is 570 g/mol. The number of sulfone groups is 1. The van der Waals surface area contributed by atoms with E-state index in [4.69, 9.17) is 9.26 Å². The Morgan fingerprint density at radius 3 is 1.70 bits per heavy atom. The van der Waals surface area contributed by atoms with Crippen LogP contribution in [0.1, 0.15) is 137 Å². The van der Waals surface area contributed by atoms with Crippen LogP contribution in [-0.2, 0) is 28.5 Å². The van der Waals surface area contributed by atoms with E-state index >= 15 is 0 Å². The number of rotatable bonds is 26. The summed E-state index contributed by atoms with van der Waals surface area (Å²) >= 11 is 0. The molecule has 0 aliphatic heterocycles. The van der Waals surface area contributed by atoms with Gasteiger partial charge in [-0.15, -0.1) is 0 Å². The molecule has 0 aromatic rings. The summed E-state index contributed by atoms with van der Waals surface area (Å²) in [5.41, 5.74) is 0. The van der Waals surface area contributed by atoms with E-state index < -0.39 is 40.6 Å². The molecule has 0 fully saturated rings. The first-order chi connectivity index (χ1) is 17.5. The number of hydrogen-bond acceptors (Lipinski definition) is 6. The molecule has 10 heteroatoms. The van der Waals surface area contributed by atoms with E-state index in [-0.39, 0.29) is 12.4 Å². The van der Waals surface area contributed by atoms with Gasteiger partial charge >= 0.3 is 13.6 Å². The van der Waals surface area contributed by atoms with Crippen molar-refractivity contribution in [3.05, 3.63) is 0 Å². The Hall–Kier alpha value is -0.470. The van der Waals surface area contributed by atoms with E-state index in [0.29, 0.717) is 25.7 Å². The molecule has 0 spiro atoms. The molecule has 0 aliphatic carbocycles. The molecule has 0 heterocycles. The number of carboxylic acids is 1. The number of carbonyl (C=O) groups is 1. The highest BCUT2D eigenvalue weighted by atomic mass is 32.2. The molecule has 0 saturated carbocycles. The second-order valence-corrected chi connectivity index (χ2v) is 14.4. The summed E-state index contributed by atoms with van der Waals surface area (Å²) in [6.07, 6.45) is 15.3. The molecule has 2 N–H and O–H groups in total. The lowest BCUT2D eigenvalue weighted by molar-refractivity contribution is -0.148. The van der Waals surface area contributed by atoms with Gasteiger partial charge in [0, 0.05) is 0 Å². The topological polar surface area (TPSA) is 127 Å². The van der Waals surface area contributed by atoms with Crippen molar-refractivity contribution in [1.29, 1.82) is 0 Å². The van der Waals surface area contributed by atoms with Crippen LogP contribution in [0.15, 0.2) is 0 Å². The van der Waals surface area contributed by atoms with Gasteiger partial charge in [-0.25, -0.2) is 13.2 Å². The minimum Gasteiger partial charge on any atom is -0.479 e. The third-order valence-electron chi connectivity index (χ3n) is 6.69. The summed E-state index contributed by atoms with van der Waals surface area (Å²) < 4.78 is 49.6. The Kier molecular flexibility index (Phi) is 21.1. The van der Waals surface area contributed by atoms with Crippen molar-refractivity contribution in [2.75, 3.05) is 12.4 Å². The zero-order valence-corrected chi connectivity index (χ0v) is 25.6. The van der Waals surface area contributed by atoms with Crippen LogP contribution in [0.5, 0.6) is 0 Å². The standard InChI is InChI=1S/C27H55O8PS/c1-5-8-10-12-14-15-16-18-20-23-37(32,33)25(21-19-17-13-11-9-6-2)24(4)35-27(26(28)29)36(30,31)34-22-7-3/h24-25,27H,5-23H2,1-4H3,(H,28,29)(H,30,31). The van der Waals surface area contributed by atoms with E-state index in [1.54, 1.807) is 6.92 Å². The minimum absolute atomic E-state index is 0.0118. The fourth-order valence-corrected chi connectivity index (χ4v) is 7.74. The Bertz CT molecular complexity index is 728. The zero-order valence-electron chi connectivity index (χ0n) is 23.9. The highest BCUT2D eigenvalue weighted by molar-refractivity contribution is 7.92. The van der Waals surface area contributed by atoms with Gasteiger partial charge in [-0.1, -0.05) is 111 Å². The number of aliphatic carboxylic acids is 1. The molecule has 4 unspecified atom stereocenters. The van der Waals surface area contributed by atoms with Gasteiger partial charge < -0.3 is 19.3 Å². The van der Waals surface area contributed by atoms with E-state index in [1.165, 1.54) is 39.0 Å². The van der Waals surface area contributed by atoms with Crippen LogP contribution < -0.4 is 0 Å². The third kappa shape index (κ3) is 17.0. The molecule has 4 atom stereocenters. The van der Waals surface area contributed by atoms with E-state index in [2.05, 4.69) is 13.8 Å². The quantitative estimate of drug-likeness (QED) is 0.0809. The van der Waals surface area contributed by atoms with E-state index in [1.807, 2.05) is 0 Å². The Morgan fingerprint density at radius 2 is 1.24 bits per heavy atom. The number of hydrogen-bond donors (Lipinski definition) is 2. The summed E-state index contributed by atoms with van der Waals surface area (Å²) in [7, 11) is -8.21. The summed E-state index contributed by atoms with van der Waals surface area (Å²) in [5.74, 6) is -3.75. The first kappa shape index (κ1) is 36.5. The lowest BCUT2D eigenvalue weighted by Crippen LogP contribution is -2.40. The number of carboxylic acid groups (broad SMARTS) is 1. The highest BCUT2D eigenvalue weighted by Crippen LogP contribution is 2.49. The van der Waals surface area contributed by atoms with Crippen LogP contribution in [-0.4, -0.2) is 53.9 Å². The Balaban J connectivity index is 5.15. The highest BCUT2D eigenvalue weighted by Gasteiger charge is 2.43. The number of ether oxygens (including phenoxy) is 1. The fourth-order valence-electron chi connectivity index (χ4n) is 4.45. The largest absolute Gasteiger partial charge is 0.479 e. The molecule has 0 aromatic heterocycles. The van der Waals surface area contributed by atoms with Gasteiger partial charge in [-0.05, 0) is 26.2 Å². The molecule has 222 valence electrons. The van der Waals surface area contributed by atoms with Crippen molar-refractivity contribution in [1.82, 2.24) is 0 Å². The summed E-state index contributed by atoms with van der Waals surface area (Å²) in [5, 5.41) is 8.61. The van der Waals surface area contributed by atoms with Crippen LogP contribution in [0.3, 0.4) is 0 Å². The maximum atomic E-state index is 13.3. The van der Waals surface area contributed by atoms with Gasteiger partial charge in [0.25, 0.3) is 5.85 Å². The molecule has 0 aromatic carbocycles. The average Bonchev–Trinajstić information content (AvgIpc) is 2.84. The fraction of sp³-hybridized carbons (Fsp3) is 0.963. The smallest absolute Gasteiger partial charge is 0.368 e. The van der Waals surface area contributed by atoms with Crippen LogP contribution >= 0.6 is 7.60 Å². The van der Waals surface area contributed by atoms with Gasteiger partial charge in [0.15, 0.2) is 9.84 Å². The molecular formula is C27H55O8PS. The molecule has 0 amide bonds. The van der Waals surface area contributed by atoms with Gasteiger partial charge in [0.2, 0.25) is 0 Å². The predicted molar refractivity (Wildman–Crippen MR) is 151 cm³/mol. The Morgan fingerprint density at radius 1 is 0.784 bits per heavy atom.